The molecule has 0 fully saturated rings. The van der Waals surface area contributed by atoms with Crippen LogP contribution in [0.1, 0.15) is 34.1 Å². The van der Waals surface area contributed by atoms with Crippen LogP contribution in [0.2, 0.25) is 0 Å². The molecule has 2 N–H and O–H groups in total. The molecule has 0 radical (unpaired) electrons. The second kappa shape index (κ2) is 10.2. The largest absolute Gasteiger partial charge is 0.378 e. The van der Waals surface area contributed by atoms with Crippen molar-refractivity contribution in [1.82, 2.24) is 0 Å². The van der Waals surface area contributed by atoms with Gasteiger partial charge in [0.15, 0.2) is 0 Å². The Morgan fingerprint density at radius 3 is 2.53 bits per heavy atom. The monoisotopic (exact) mass is 271 g/mol. The average Bonchev–Trinajstić information content (AvgIpc) is 2.36. The van der Waals surface area contributed by atoms with Crippen molar-refractivity contribution in [3.05, 3.63) is 0 Å². The van der Waals surface area contributed by atoms with Gasteiger partial charge in [0.2, 0.25) is 0 Å². The lowest BCUT2D eigenvalue weighted by Gasteiger charge is -2.27. The Bertz CT molecular complexity index is 261. The summed E-state index contributed by atoms with van der Waals surface area (Å²) in [5.74, 6) is 2.78. The van der Waals surface area contributed by atoms with Crippen LogP contribution in [-0.2, 0) is 14.2 Å². The third-order valence-electron chi connectivity index (χ3n) is 3.06. The van der Waals surface area contributed by atoms with Crippen LogP contribution in [0.25, 0.3) is 0 Å². The summed E-state index contributed by atoms with van der Waals surface area (Å²) in [6.07, 6.45) is 6.11. The quantitative estimate of drug-likeness (QED) is 0.460. The van der Waals surface area contributed by atoms with Gasteiger partial charge in [-0.05, 0) is 27.2 Å². The van der Waals surface area contributed by atoms with E-state index in [0.717, 1.165) is 6.42 Å². The molecule has 0 aliphatic heterocycles. The van der Waals surface area contributed by atoms with Gasteiger partial charge in [0.25, 0.3) is 0 Å². The highest BCUT2D eigenvalue weighted by Gasteiger charge is 2.19. The maximum Gasteiger partial charge on any atom is 0.107 e. The Morgan fingerprint density at radius 2 is 1.95 bits per heavy atom. The SMILES string of the molecule is C#CCOCC(C)C(C)OCCC(C)(C)OCCN. The maximum absolute atomic E-state index is 5.81. The molecule has 0 bridgehead atoms. The molecule has 2 atom stereocenters. The minimum atomic E-state index is -0.192. The molecule has 4 nitrogen and oxygen atoms in total. The summed E-state index contributed by atoms with van der Waals surface area (Å²) in [6.45, 7) is 11.0. The Balaban J connectivity index is 3.77. The van der Waals surface area contributed by atoms with Crippen molar-refractivity contribution < 1.29 is 14.2 Å². The smallest absolute Gasteiger partial charge is 0.107 e. The lowest BCUT2D eigenvalue weighted by atomic mass is 10.1. The number of terminal acetylenes is 1. The molecular weight excluding hydrogens is 242 g/mol. The van der Waals surface area contributed by atoms with Crippen molar-refractivity contribution in [3.63, 3.8) is 0 Å². The number of hydrogen-bond donors (Lipinski definition) is 1. The van der Waals surface area contributed by atoms with E-state index >= 15 is 0 Å². The highest BCUT2D eigenvalue weighted by atomic mass is 16.5. The summed E-state index contributed by atoms with van der Waals surface area (Å²) >= 11 is 0. The van der Waals surface area contributed by atoms with Gasteiger partial charge in [0.05, 0.1) is 24.9 Å². The van der Waals surface area contributed by atoms with Crippen LogP contribution in [0, 0.1) is 18.3 Å². The van der Waals surface area contributed by atoms with Crippen LogP contribution >= 0.6 is 0 Å². The van der Waals surface area contributed by atoms with Crippen LogP contribution in [0.5, 0.6) is 0 Å². The van der Waals surface area contributed by atoms with Gasteiger partial charge in [-0.3, -0.25) is 0 Å². The molecular formula is C15H29NO3. The van der Waals surface area contributed by atoms with Crippen molar-refractivity contribution in [2.45, 2.75) is 45.8 Å². The van der Waals surface area contributed by atoms with E-state index in [4.69, 9.17) is 26.4 Å². The molecule has 0 aromatic heterocycles. The van der Waals surface area contributed by atoms with Crippen LogP contribution in [0.4, 0.5) is 0 Å². The number of ether oxygens (including phenoxy) is 3. The third-order valence-corrected chi connectivity index (χ3v) is 3.06. The fraction of sp³-hybridized carbons (Fsp3) is 0.867. The molecule has 0 rings (SSSR count). The van der Waals surface area contributed by atoms with Crippen molar-refractivity contribution in [1.29, 1.82) is 0 Å². The zero-order valence-corrected chi connectivity index (χ0v) is 12.8. The molecule has 112 valence electrons. The third kappa shape index (κ3) is 9.92. The van der Waals surface area contributed by atoms with E-state index < -0.39 is 0 Å². The normalized spacial score (nSPS) is 14.9. The Labute approximate surface area is 118 Å². The predicted molar refractivity (Wildman–Crippen MR) is 77.9 cm³/mol. The molecule has 0 spiro atoms. The minimum absolute atomic E-state index is 0.142. The summed E-state index contributed by atoms with van der Waals surface area (Å²) in [6, 6.07) is 0. The first kappa shape index (κ1) is 18.4. The first-order chi connectivity index (χ1) is 8.93. The zero-order chi connectivity index (χ0) is 14.7. The topological polar surface area (TPSA) is 53.7 Å². The van der Waals surface area contributed by atoms with Gasteiger partial charge in [-0.15, -0.1) is 6.42 Å². The molecule has 2 unspecified atom stereocenters. The molecule has 19 heavy (non-hydrogen) atoms. The van der Waals surface area contributed by atoms with E-state index in [1.807, 2.05) is 0 Å². The molecule has 0 saturated carbocycles. The molecule has 0 aromatic rings. The van der Waals surface area contributed by atoms with E-state index in [-0.39, 0.29) is 11.7 Å². The standard InChI is InChI=1S/C15H29NO3/c1-6-9-17-12-13(2)14(3)18-10-7-15(4,5)19-11-8-16/h1,13-14H,7-12,16H2,2-5H3. The summed E-state index contributed by atoms with van der Waals surface area (Å²) in [5, 5.41) is 0. The van der Waals surface area contributed by atoms with Crippen LogP contribution in [-0.4, -0.2) is 44.7 Å². The van der Waals surface area contributed by atoms with Gasteiger partial charge in [-0.2, -0.15) is 0 Å². The summed E-state index contributed by atoms with van der Waals surface area (Å²) in [4.78, 5) is 0. The lowest BCUT2D eigenvalue weighted by Crippen LogP contribution is -2.31. The first-order valence-electron chi connectivity index (χ1n) is 6.89. The Hall–Kier alpha value is -0.600. The molecule has 0 aliphatic rings. The van der Waals surface area contributed by atoms with E-state index in [2.05, 4.69) is 33.6 Å². The van der Waals surface area contributed by atoms with E-state index in [1.165, 1.54) is 0 Å². The van der Waals surface area contributed by atoms with Gasteiger partial charge in [-0.25, -0.2) is 0 Å². The summed E-state index contributed by atoms with van der Waals surface area (Å²) < 4.78 is 16.8. The van der Waals surface area contributed by atoms with Crippen molar-refractivity contribution in [2.75, 3.05) is 33.0 Å². The molecule has 0 aliphatic carbocycles. The number of rotatable bonds is 11. The van der Waals surface area contributed by atoms with Gasteiger partial charge in [-0.1, -0.05) is 12.8 Å². The highest BCUT2D eigenvalue weighted by Crippen LogP contribution is 2.16. The fourth-order valence-electron chi connectivity index (χ4n) is 1.50. The summed E-state index contributed by atoms with van der Waals surface area (Å²) in [5.41, 5.74) is 5.23. The molecule has 0 aromatic carbocycles. The fourth-order valence-corrected chi connectivity index (χ4v) is 1.50. The molecule has 0 saturated heterocycles. The zero-order valence-electron chi connectivity index (χ0n) is 12.8. The average molecular weight is 271 g/mol. The number of hydrogen-bond acceptors (Lipinski definition) is 4. The van der Waals surface area contributed by atoms with Crippen LogP contribution < -0.4 is 5.73 Å². The number of nitrogens with two attached hydrogens (primary N) is 1. The van der Waals surface area contributed by atoms with Gasteiger partial charge < -0.3 is 19.9 Å². The predicted octanol–water partition coefficient (Wildman–Crippen LogP) is 1.82. The maximum atomic E-state index is 5.81. The molecule has 0 amide bonds. The van der Waals surface area contributed by atoms with E-state index in [0.29, 0.717) is 38.9 Å². The minimum Gasteiger partial charge on any atom is -0.378 e. The van der Waals surface area contributed by atoms with E-state index in [9.17, 15) is 0 Å². The van der Waals surface area contributed by atoms with Crippen LogP contribution in [0.15, 0.2) is 0 Å². The lowest BCUT2D eigenvalue weighted by molar-refractivity contribution is -0.0582. The Kier molecular flexibility index (Phi) is 9.90. The van der Waals surface area contributed by atoms with Crippen LogP contribution in [0.3, 0.4) is 0 Å². The van der Waals surface area contributed by atoms with E-state index in [1.54, 1.807) is 0 Å². The first-order valence-corrected chi connectivity index (χ1v) is 6.89. The summed E-state index contributed by atoms with van der Waals surface area (Å²) in [7, 11) is 0. The molecule has 4 heteroatoms. The van der Waals surface area contributed by atoms with Crippen molar-refractivity contribution in [2.24, 2.45) is 11.7 Å². The Morgan fingerprint density at radius 1 is 1.26 bits per heavy atom. The van der Waals surface area contributed by atoms with Crippen molar-refractivity contribution in [3.8, 4) is 12.3 Å². The van der Waals surface area contributed by atoms with Gasteiger partial charge >= 0.3 is 0 Å². The second-order valence-electron chi connectivity index (χ2n) is 5.42. The molecule has 0 heterocycles. The van der Waals surface area contributed by atoms with Crippen molar-refractivity contribution >= 4 is 0 Å². The van der Waals surface area contributed by atoms with Gasteiger partial charge in [0, 0.05) is 19.1 Å². The van der Waals surface area contributed by atoms with Gasteiger partial charge in [0.1, 0.15) is 6.61 Å². The highest BCUT2D eigenvalue weighted by molar-refractivity contribution is 4.83. The second-order valence-corrected chi connectivity index (χ2v) is 5.42.